The molecule has 0 aliphatic carbocycles. The average Bonchev–Trinajstić information content (AvgIpc) is 3.18. The molecule has 4 rings (SSSR count). The Labute approximate surface area is 160 Å². The molecule has 3 aromatic rings. The van der Waals surface area contributed by atoms with E-state index in [9.17, 15) is 0 Å². The molecule has 2 heterocycles. The van der Waals surface area contributed by atoms with Gasteiger partial charge in [-0.3, -0.25) is 0 Å². The summed E-state index contributed by atoms with van der Waals surface area (Å²) in [7, 11) is 0. The van der Waals surface area contributed by atoms with Gasteiger partial charge >= 0.3 is 5.89 Å². The molecule has 4 nitrogen and oxygen atoms in total. The van der Waals surface area contributed by atoms with E-state index in [0.29, 0.717) is 0 Å². The molecule has 1 aliphatic heterocycles. The lowest BCUT2D eigenvalue weighted by Crippen LogP contribution is -2.33. The van der Waals surface area contributed by atoms with E-state index in [4.69, 9.17) is 9.15 Å². The lowest BCUT2D eigenvalue weighted by Gasteiger charge is -2.15. The van der Waals surface area contributed by atoms with Gasteiger partial charge in [0.05, 0.1) is 11.8 Å². The van der Waals surface area contributed by atoms with Gasteiger partial charge in [-0.05, 0) is 69.2 Å². The Bertz CT molecular complexity index is 1060. The van der Waals surface area contributed by atoms with Crippen LogP contribution in [0.5, 0.6) is 5.75 Å². The van der Waals surface area contributed by atoms with Gasteiger partial charge in [-0.2, -0.15) is 4.57 Å². The molecule has 27 heavy (non-hydrogen) atoms. The zero-order valence-electron chi connectivity index (χ0n) is 16.3. The highest BCUT2D eigenvalue weighted by Crippen LogP contribution is 2.39. The van der Waals surface area contributed by atoms with Gasteiger partial charge in [-0.1, -0.05) is 12.1 Å². The number of allylic oxidation sites excluding steroid dienone is 2. The first-order chi connectivity index (χ1) is 13.1. The van der Waals surface area contributed by atoms with Crippen LogP contribution in [0.25, 0.3) is 17.2 Å². The highest BCUT2D eigenvalue weighted by molar-refractivity contribution is 5.71. The number of aryl methyl sites for hydroxylation is 3. The molecular formula is C23H25N2O2+. The second-order valence-corrected chi connectivity index (χ2v) is 6.84. The fraction of sp³-hybridized carbons (Fsp3) is 0.261. The number of nitrogens with zero attached hydrogens (tertiary/aromatic N) is 2. The Hall–Kier alpha value is -3.01. The molecule has 0 saturated carbocycles. The van der Waals surface area contributed by atoms with E-state index >= 15 is 0 Å². The van der Waals surface area contributed by atoms with Crippen LogP contribution in [0.4, 0.5) is 5.69 Å². The van der Waals surface area contributed by atoms with Crippen LogP contribution in [0.1, 0.15) is 30.9 Å². The summed E-state index contributed by atoms with van der Waals surface area (Å²) >= 11 is 0. The molecular weight excluding hydrogens is 336 g/mol. The topological polar surface area (TPSA) is 29.5 Å². The fourth-order valence-corrected chi connectivity index (χ4v) is 3.54. The molecule has 0 atom stereocenters. The first-order valence-corrected chi connectivity index (χ1v) is 9.48. The Morgan fingerprint density at radius 3 is 2.59 bits per heavy atom. The molecule has 0 N–H and O–H groups in total. The summed E-state index contributed by atoms with van der Waals surface area (Å²) in [4.78, 5) is 2.18. The van der Waals surface area contributed by atoms with Crippen LogP contribution in [-0.2, 0) is 6.54 Å². The van der Waals surface area contributed by atoms with Crippen LogP contribution < -0.4 is 14.2 Å². The van der Waals surface area contributed by atoms with Gasteiger partial charge in [-0.25, -0.2) is 0 Å². The van der Waals surface area contributed by atoms with Crippen molar-refractivity contribution in [2.45, 2.75) is 34.2 Å². The van der Waals surface area contributed by atoms with Crippen molar-refractivity contribution in [1.29, 1.82) is 0 Å². The number of hydrogen-bond acceptors (Lipinski definition) is 3. The van der Waals surface area contributed by atoms with Crippen molar-refractivity contribution < 1.29 is 13.7 Å². The number of hydrogen-bond donors (Lipinski definition) is 0. The van der Waals surface area contributed by atoms with E-state index in [1.807, 2.05) is 30.4 Å². The van der Waals surface area contributed by atoms with Crippen molar-refractivity contribution in [3.63, 3.8) is 0 Å². The number of ether oxygens (including phenoxy) is 1. The maximum Gasteiger partial charge on any atom is 0.374 e. The molecule has 4 heteroatoms. The minimum absolute atomic E-state index is 0.837. The average molecular weight is 361 g/mol. The number of fused-ring (bicyclic) bond motifs is 2. The second-order valence-electron chi connectivity index (χ2n) is 6.84. The summed E-state index contributed by atoms with van der Waals surface area (Å²) in [5, 5.41) is 0. The molecule has 138 valence electrons. The Morgan fingerprint density at radius 2 is 1.81 bits per heavy atom. The van der Waals surface area contributed by atoms with Gasteiger partial charge in [0.25, 0.3) is 5.52 Å². The molecule has 1 aromatic heterocycles. The predicted octanol–water partition coefficient (Wildman–Crippen LogP) is 5.13. The molecule has 0 radical (unpaired) electrons. The lowest BCUT2D eigenvalue weighted by atomic mass is 10.2. The third kappa shape index (κ3) is 3.12. The number of oxazole rings is 1. The largest absolute Gasteiger partial charge is 0.439 e. The zero-order chi connectivity index (χ0) is 19.0. The molecule has 0 saturated heterocycles. The monoisotopic (exact) mass is 361 g/mol. The third-order valence-corrected chi connectivity index (χ3v) is 4.88. The fourth-order valence-electron chi connectivity index (χ4n) is 3.54. The van der Waals surface area contributed by atoms with Crippen molar-refractivity contribution in [2.24, 2.45) is 0 Å². The minimum atomic E-state index is 0.837. The SMILES string of the molecule is CCN1/C(=C/C=C/c2oc3ccc(C)cc3[n+]2CC)Oc2ccc(C)cc21. The van der Waals surface area contributed by atoms with Crippen LogP contribution in [0, 0.1) is 13.8 Å². The first-order valence-electron chi connectivity index (χ1n) is 9.48. The summed E-state index contributed by atoms with van der Waals surface area (Å²) in [5.41, 5.74) is 5.62. The van der Waals surface area contributed by atoms with Crippen molar-refractivity contribution in [3.05, 3.63) is 71.5 Å². The van der Waals surface area contributed by atoms with Gasteiger partial charge in [0.1, 0.15) is 6.54 Å². The van der Waals surface area contributed by atoms with Gasteiger partial charge in [0.2, 0.25) is 11.5 Å². The predicted molar refractivity (Wildman–Crippen MR) is 109 cm³/mol. The quantitative estimate of drug-likeness (QED) is 0.603. The Kier molecular flexibility index (Phi) is 4.48. The summed E-state index contributed by atoms with van der Waals surface area (Å²) in [6.07, 6.45) is 5.99. The van der Waals surface area contributed by atoms with Gasteiger partial charge in [0.15, 0.2) is 5.75 Å². The maximum atomic E-state index is 6.03. The van der Waals surface area contributed by atoms with Gasteiger partial charge in [0, 0.05) is 12.6 Å². The van der Waals surface area contributed by atoms with E-state index in [1.165, 1.54) is 11.1 Å². The molecule has 0 bridgehead atoms. The molecule has 2 aromatic carbocycles. The Balaban J connectivity index is 1.65. The second kappa shape index (κ2) is 6.95. The van der Waals surface area contributed by atoms with Crippen molar-refractivity contribution in [2.75, 3.05) is 11.4 Å². The van der Waals surface area contributed by atoms with E-state index < -0.39 is 0 Å². The van der Waals surface area contributed by atoms with E-state index in [2.05, 4.69) is 61.4 Å². The maximum absolute atomic E-state index is 6.03. The number of benzene rings is 2. The number of rotatable bonds is 4. The summed E-state index contributed by atoms with van der Waals surface area (Å²) < 4.78 is 14.2. The van der Waals surface area contributed by atoms with Crippen molar-refractivity contribution >= 4 is 22.9 Å². The van der Waals surface area contributed by atoms with Crippen LogP contribution >= 0.6 is 0 Å². The molecule has 0 spiro atoms. The smallest absolute Gasteiger partial charge is 0.374 e. The molecule has 0 amide bonds. The lowest BCUT2D eigenvalue weighted by molar-refractivity contribution is -0.674. The summed E-state index contributed by atoms with van der Waals surface area (Å²) in [6.45, 7) is 10.2. The highest BCUT2D eigenvalue weighted by atomic mass is 16.5. The standard InChI is InChI=1S/C23H25N2O2/c1-5-24-18-14-16(3)10-12-20(18)26-22(24)8-7-9-23-25(6-2)19-15-17(4)11-13-21(19)27-23/h7-15H,5-6H2,1-4H3/q+1. The normalized spacial score (nSPS) is 15.1. The zero-order valence-corrected chi connectivity index (χ0v) is 16.3. The minimum Gasteiger partial charge on any atom is -0.439 e. The highest BCUT2D eigenvalue weighted by Gasteiger charge is 2.24. The third-order valence-electron chi connectivity index (χ3n) is 4.88. The summed E-state index contributed by atoms with van der Waals surface area (Å²) in [6, 6.07) is 12.5. The van der Waals surface area contributed by atoms with Gasteiger partial charge < -0.3 is 14.1 Å². The van der Waals surface area contributed by atoms with Crippen LogP contribution in [-0.4, -0.2) is 6.54 Å². The number of aromatic nitrogens is 1. The van der Waals surface area contributed by atoms with Crippen LogP contribution in [0.15, 0.2) is 58.9 Å². The first kappa shape index (κ1) is 17.4. The van der Waals surface area contributed by atoms with Gasteiger partial charge in [-0.15, -0.1) is 0 Å². The van der Waals surface area contributed by atoms with E-state index in [-0.39, 0.29) is 0 Å². The summed E-state index contributed by atoms with van der Waals surface area (Å²) in [5.74, 6) is 2.58. The molecule has 0 fully saturated rings. The van der Waals surface area contributed by atoms with Crippen LogP contribution in [0.2, 0.25) is 0 Å². The van der Waals surface area contributed by atoms with Crippen LogP contribution in [0.3, 0.4) is 0 Å². The molecule has 1 aliphatic rings. The van der Waals surface area contributed by atoms with E-state index in [1.54, 1.807) is 0 Å². The number of anilines is 1. The van der Waals surface area contributed by atoms with E-state index in [0.717, 1.165) is 47.4 Å². The molecule has 0 unspecified atom stereocenters. The Morgan fingerprint density at radius 1 is 1.04 bits per heavy atom. The van der Waals surface area contributed by atoms with Crippen molar-refractivity contribution in [3.8, 4) is 5.75 Å². The van der Waals surface area contributed by atoms with Crippen molar-refractivity contribution in [1.82, 2.24) is 0 Å².